The summed E-state index contributed by atoms with van der Waals surface area (Å²) in [7, 11) is 0. The van der Waals surface area contributed by atoms with Gasteiger partial charge in [-0.25, -0.2) is 4.79 Å². The zero-order chi connectivity index (χ0) is 18.2. The predicted octanol–water partition coefficient (Wildman–Crippen LogP) is 3.95. The van der Waals surface area contributed by atoms with Gasteiger partial charge in [0, 0.05) is 6.07 Å². The molecule has 0 radical (unpaired) electrons. The number of furan rings is 1. The maximum Gasteiger partial charge on any atom is 0.348 e. The molecule has 0 fully saturated rings. The normalized spacial score (nSPS) is 11.0. The second-order valence-electron chi connectivity index (χ2n) is 4.74. The Labute approximate surface area is 148 Å². The van der Waals surface area contributed by atoms with Gasteiger partial charge in [0.2, 0.25) is 0 Å². The van der Waals surface area contributed by atoms with Gasteiger partial charge in [0.05, 0.1) is 28.4 Å². The molecule has 0 amide bonds. The fourth-order valence-corrected chi connectivity index (χ4v) is 2.85. The van der Waals surface area contributed by atoms with Crippen molar-refractivity contribution in [1.29, 1.82) is 5.26 Å². The lowest BCUT2D eigenvalue weighted by atomic mass is 10.1. The van der Waals surface area contributed by atoms with E-state index in [4.69, 9.17) is 14.4 Å². The quantitative estimate of drug-likeness (QED) is 0.184. The van der Waals surface area contributed by atoms with Gasteiger partial charge in [0.15, 0.2) is 0 Å². The molecule has 1 heterocycles. The molecule has 2 rings (SSSR count). The van der Waals surface area contributed by atoms with E-state index in [1.807, 2.05) is 0 Å². The molecule has 0 unspecified atom stereocenters. The van der Waals surface area contributed by atoms with E-state index in [1.165, 1.54) is 30.2 Å². The van der Waals surface area contributed by atoms with Crippen molar-refractivity contribution in [2.45, 2.75) is 17.6 Å². The summed E-state index contributed by atoms with van der Waals surface area (Å²) in [5, 5.41) is 20.4. The fourth-order valence-electron chi connectivity index (χ4n) is 1.94. The lowest BCUT2D eigenvalue weighted by Gasteiger charge is -2.04. The molecule has 0 saturated heterocycles. The highest BCUT2D eigenvalue weighted by Crippen LogP contribution is 2.33. The van der Waals surface area contributed by atoms with Gasteiger partial charge in [-0.05, 0) is 36.8 Å². The number of esters is 1. The summed E-state index contributed by atoms with van der Waals surface area (Å²) in [6, 6.07) is 9.78. The summed E-state index contributed by atoms with van der Waals surface area (Å²) in [5.41, 5.74) is 0.0530. The molecule has 2 aromatic rings. The third-order valence-electron chi connectivity index (χ3n) is 3.06. The van der Waals surface area contributed by atoms with Gasteiger partial charge < -0.3 is 9.15 Å². The van der Waals surface area contributed by atoms with Crippen molar-refractivity contribution in [3.63, 3.8) is 0 Å². The van der Waals surface area contributed by atoms with Crippen molar-refractivity contribution in [3.8, 4) is 6.07 Å². The van der Waals surface area contributed by atoms with E-state index < -0.39 is 10.9 Å². The first kappa shape index (κ1) is 18.3. The third-order valence-corrected chi connectivity index (χ3v) is 4.14. The first-order valence-electron chi connectivity index (χ1n) is 7.27. The largest absolute Gasteiger partial charge is 0.468 e. The number of rotatable bonds is 7. The predicted molar refractivity (Wildman–Crippen MR) is 91.6 cm³/mol. The number of nitrogens with zero attached hydrogens (tertiary/aromatic N) is 2. The van der Waals surface area contributed by atoms with Crippen molar-refractivity contribution in [3.05, 3.63) is 63.6 Å². The Kier molecular flexibility index (Phi) is 6.37. The van der Waals surface area contributed by atoms with Crippen molar-refractivity contribution < 1.29 is 18.9 Å². The van der Waals surface area contributed by atoms with E-state index in [9.17, 15) is 14.9 Å². The van der Waals surface area contributed by atoms with Crippen LogP contribution >= 0.6 is 11.8 Å². The maximum atomic E-state index is 11.6. The Bertz CT molecular complexity index is 837. The Balaban J connectivity index is 2.27. The number of carbonyl (C=O) groups is 1. The molecule has 128 valence electrons. The van der Waals surface area contributed by atoms with E-state index in [1.54, 1.807) is 37.3 Å². The summed E-state index contributed by atoms with van der Waals surface area (Å²) in [6.07, 6.45) is 2.81. The van der Waals surface area contributed by atoms with E-state index in [-0.39, 0.29) is 17.9 Å². The van der Waals surface area contributed by atoms with Crippen LogP contribution in [0.15, 0.2) is 51.5 Å². The van der Waals surface area contributed by atoms with Crippen LogP contribution in [0, 0.1) is 21.4 Å². The smallest absolute Gasteiger partial charge is 0.348 e. The number of nitro benzene ring substituents is 1. The summed E-state index contributed by atoms with van der Waals surface area (Å²) in [4.78, 5) is 22.9. The summed E-state index contributed by atoms with van der Waals surface area (Å²) in [5.74, 6) is 0.399. The molecule has 7 nitrogen and oxygen atoms in total. The number of hydrogen-bond donors (Lipinski definition) is 0. The van der Waals surface area contributed by atoms with Crippen LogP contribution in [0.1, 0.15) is 18.2 Å². The van der Waals surface area contributed by atoms with Gasteiger partial charge in [-0.1, -0.05) is 6.07 Å². The second-order valence-corrected chi connectivity index (χ2v) is 5.76. The van der Waals surface area contributed by atoms with Crippen LogP contribution in [0.25, 0.3) is 6.08 Å². The van der Waals surface area contributed by atoms with Crippen LogP contribution in [-0.2, 0) is 15.3 Å². The number of hydrogen-bond acceptors (Lipinski definition) is 7. The van der Waals surface area contributed by atoms with Crippen LogP contribution in [0.4, 0.5) is 5.69 Å². The van der Waals surface area contributed by atoms with Crippen molar-refractivity contribution in [1.82, 2.24) is 0 Å². The van der Waals surface area contributed by atoms with E-state index in [0.29, 0.717) is 22.0 Å². The number of benzene rings is 1. The summed E-state index contributed by atoms with van der Waals surface area (Å²) in [6.45, 7) is 1.77. The molecule has 0 saturated carbocycles. The van der Waals surface area contributed by atoms with Crippen LogP contribution in [0.2, 0.25) is 0 Å². The molecule has 0 aliphatic heterocycles. The van der Waals surface area contributed by atoms with Gasteiger partial charge in [-0.15, -0.1) is 11.8 Å². The van der Waals surface area contributed by atoms with Crippen LogP contribution in [0.5, 0.6) is 0 Å². The minimum atomic E-state index is -0.760. The number of nitro groups is 1. The maximum absolute atomic E-state index is 11.6. The van der Waals surface area contributed by atoms with Gasteiger partial charge in [-0.3, -0.25) is 10.1 Å². The Morgan fingerprint density at radius 1 is 1.48 bits per heavy atom. The van der Waals surface area contributed by atoms with Gasteiger partial charge in [0.1, 0.15) is 17.4 Å². The topological polar surface area (TPSA) is 106 Å². The molecule has 0 aliphatic carbocycles. The third kappa shape index (κ3) is 4.96. The number of nitriles is 1. The molecule has 1 aromatic carbocycles. The van der Waals surface area contributed by atoms with E-state index in [0.717, 1.165) is 0 Å². The van der Waals surface area contributed by atoms with Crippen molar-refractivity contribution >= 4 is 29.5 Å². The molecule has 0 N–H and O–H groups in total. The number of carbonyl (C=O) groups excluding carboxylic acids is 1. The Morgan fingerprint density at radius 2 is 2.28 bits per heavy atom. The minimum absolute atomic E-state index is 0.105. The molecular formula is C17H14N2O5S. The first-order valence-corrected chi connectivity index (χ1v) is 8.26. The zero-order valence-electron chi connectivity index (χ0n) is 13.3. The van der Waals surface area contributed by atoms with E-state index >= 15 is 0 Å². The zero-order valence-corrected chi connectivity index (χ0v) is 14.1. The van der Waals surface area contributed by atoms with Gasteiger partial charge >= 0.3 is 5.97 Å². The standard InChI is InChI=1S/C17H14N2O5S/c1-2-23-17(20)13(10-18)8-12-5-6-16(15(9-12)19(21)22)25-11-14-4-3-7-24-14/h3-9H,2,11H2,1H3. The van der Waals surface area contributed by atoms with Crippen LogP contribution in [-0.4, -0.2) is 17.5 Å². The highest BCUT2D eigenvalue weighted by molar-refractivity contribution is 7.98. The Morgan fingerprint density at radius 3 is 2.88 bits per heavy atom. The monoisotopic (exact) mass is 358 g/mol. The van der Waals surface area contributed by atoms with E-state index in [2.05, 4.69) is 0 Å². The lowest BCUT2D eigenvalue weighted by molar-refractivity contribution is -0.387. The average molecular weight is 358 g/mol. The first-order chi connectivity index (χ1) is 12.0. The van der Waals surface area contributed by atoms with Gasteiger partial charge in [0.25, 0.3) is 5.69 Å². The molecule has 0 spiro atoms. The molecule has 0 atom stereocenters. The molecule has 0 bridgehead atoms. The second kappa shape index (κ2) is 8.70. The van der Waals surface area contributed by atoms with Crippen LogP contribution in [0.3, 0.4) is 0 Å². The molecule has 0 aliphatic rings. The lowest BCUT2D eigenvalue weighted by Crippen LogP contribution is -2.06. The molecule has 1 aromatic heterocycles. The average Bonchev–Trinajstić information content (AvgIpc) is 3.11. The van der Waals surface area contributed by atoms with Crippen molar-refractivity contribution in [2.24, 2.45) is 0 Å². The minimum Gasteiger partial charge on any atom is -0.468 e. The molecule has 25 heavy (non-hydrogen) atoms. The fraction of sp³-hybridized carbons (Fsp3) is 0.176. The molecule has 8 heteroatoms. The highest BCUT2D eigenvalue weighted by Gasteiger charge is 2.17. The summed E-state index contributed by atoms with van der Waals surface area (Å²) >= 11 is 1.27. The Hall–Kier alpha value is -3.05. The summed E-state index contributed by atoms with van der Waals surface area (Å²) < 4.78 is 9.98. The molecular weight excluding hydrogens is 344 g/mol. The van der Waals surface area contributed by atoms with Crippen LogP contribution < -0.4 is 0 Å². The van der Waals surface area contributed by atoms with Gasteiger partial charge in [-0.2, -0.15) is 5.26 Å². The van der Waals surface area contributed by atoms with Crippen molar-refractivity contribution in [2.75, 3.05) is 6.61 Å². The number of ether oxygens (including phenoxy) is 1. The highest BCUT2D eigenvalue weighted by atomic mass is 32.2. The number of thioether (sulfide) groups is 1. The SMILES string of the molecule is CCOC(=O)C(C#N)=Cc1ccc(SCc2ccco2)c([N+](=O)[O-])c1.